The van der Waals surface area contributed by atoms with Gasteiger partial charge in [-0.05, 0) is 47.0 Å². The summed E-state index contributed by atoms with van der Waals surface area (Å²) >= 11 is 6.28. The van der Waals surface area contributed by atoms with E-state index in [0.29, 0.717) is 0 Å². The Morgan fingerprint density at radius 3 is 2.39 bits per heavy atom. The third kappa shape index (κ3) is 2.87. The standard InChI is InChI=1S/C13H23ClN4/c1-10-12(13(14)17(4)15-10)9-18-7-5-11(6-8-18)16(2)3/h11H,5-9H2,1-4H3. The van der Waals surface area contributed by atoms with Gasteiger partial charge in [-0.25, -0.2) is 0 Å². The van der Waals surface area contributed by atoms with Crippen LogP contribution in [-0.4, -0.2) is 52.8 Å². The number of hydrogen-bond acceptors (Lipinski definition) is 3. The average molecular weight is 271 g/mol. The molecule has 4 nitrogen and oxygen atoms in total. The zero-order valence-corrected chi connectivity index (χ0v) is 12.5. The van der Waals surface area contributed by atoms with Crippen LogP contribution in [0.5, 0.6) is 0 Å². The third-order valence-corrected chi connectivity index (χ3v) is 4.41. The molecule has 2 heterocycles. The van der Waals surface area contributed by atoms with Crippen molar-refractivity contribution in [2.24, 2.45) is 7.05 Å². The Kier molecular flexibility index (Phi) is 4.30. The quantitative estimate of drug-likeness (QED) is 0.839. The fraction of sp³-hybridized carbons (Fsp3) is 0.769. The Morgan fingerprint density at radius 2 is 1.94 bits per heavy atom. The van der Waals surface area contributed by atoms with Crippen LogP contribution < -0.4 is 0 Å². The van der Waals surface area contributed by atoms with E-state index < -0.39 is 0 Å². The van der Waals surface area contributed by atoms with E-state index in [9.17, 15) is 0 Å². The summed E-state index contributed by atoms with van der Waals surface area (Å²) in [4.78, 5) is 4.82. The maximum absolute atomic E-state index is 6.28. The summed E-state index contributed by atoms with van der Waals surface area (Å²) in [5.41, 5.74) is 2.24. The topological polar surface area (TPSA) is 24.3 Å². The van der Waals surface area contributed by atoms with Crippen LogP contribution in [0.2, 0.25) is 5.15 Å². The van der Waals surface area contributed by atoms with E-state index in [1.165, 1.54) is 18.4 Å². The van der Waals surface area contributed by atoms with Crippen molar-refractivity contribution in [2.45, 2.75) is 32.4 Å². The number of hydrogen-bond donors (Lipinski definition) is 0. The maximum atomic E-state index is 6.28. The second kappa shape index (κ2) is 5.59. The van der Waals surface area contributed by atoms with Gasteiger partial charge in [-0.15, -0.1) is 0 Å². The Bertz CT molecular complexity index is 405. The van der Waals surface area contributed by atoms with Gasteiger partial charge in [0.15, 0.2) is 0 Å². The molecule has 0 saturated carbocycles. The highest BCUT2D eigenvalue weighted by Crippen LogP contribution is 2.23. The van der Waals surface area contributed by atoms with Crippen molar-refractivity contribution >= 4 is 11.6 Å². The van der Waals surface area contributed by atoms with Crippen molar-refractivity contribution in [3.05, 3.63) is 16.4 Å². The molecule has 1 aromatic heterocycles. The van der Waals surface area contributed by atoms with E-state index >= 15 is 0 Å². The SMILES string of the molecule is Cc1nn(C)c(Cl)c1CN1CCC(N(C)C)CC1. The molecule has 0 bridgehead atoms. The van der Waals surface area contributed by atoms with Crippen LogP contribution >= 0.6 is 11.6 Å². The molecule has 0 aliphatic carbocycles. The normalized spacial score (nSPS) is 18.8. The number of likely N-dealkylation sites (tertiary alicyclic amines) is 1. The van der Waals surface area contributed by atoms with Crippen LogP contribution in [0.3, 0.4) is 0 Å². The zero-order valence-electron chi connectivity index (χ0n) is 11.8. The molecule has 1 aliphatic heterocycles. The van der Waals surface area contributed by atoms with Crippen LogP contribution in [0.4, 0.5) is 0 Å². The summed E-state index contributed by atoms with van der Waals surface area (Å²) in [5, 5.41) is 5.15. The number of aromatic nitrogens is 2. The van der Waals surface area contributed by atoms with Crippen molar-refractivity contribution in [1.29, 1.82) is 0 Å². The summed E-state index contributed by atoms with van der Waals surface area (Å²) in [5.74, 6) is 0. The lowest BCUT2D eigenvalue weighted by Crippen LogP contribution is -2.41. The Balaban J connectivity index is 1.95. The van der Waals surface area contributed by atoms with Gasteiger partial charge in [0.25, 0.3) is 0 Å². The van der Waals surface area contributed by atoms with Crippen LogP contribution in [0.15, 0.2) is 0 Å². The molecular formula is C13H23ClN4. The van der Waals surface area contributed by atoms with E-state index in [2.05, 4.69) is 29.0 Å². The first-order valence-corrected chi connectivity index (χ1v) is 6.93. The molecule has 0 unspecified atom stereocenters. The molecule has 1 aromatic rings. The van der Waals surface area contributed by atoms with Gasteiger partial charge in [0.05, 0.1) is 5.69 Å². The lowest BCUT2D eigenvalue weighted by Gasteiger charge is -2.35. The predicted molar refractivity (Wildman–Crippen MR) is 74.9 cm³/mol. The summed E-state index contributed by atoms with van der Waals surface area (Å²) in [7, 11) is 6.24. The van der Waals surface area contributed by atoms with Gasteiger partial charge in [0, 0.05) is 25.2 Å². The molecule has 18 heavy (non-hydrogen) atoms. The molecule has 0 aromatic carbocycles. The summed E-state index contributed by atoms with van der Waals surface area (Å²) < 4.78 is 1.76. The van der Waals surface area contributed by atoms with E-state index in [-0.39, 0.29) is 0 Å². The van der Waals surface area contributed by atoms with E-state index in [4.69, 9.17) is 11.6 Å². The maximum Gasteiger partial charge on any atom is 0.131 e. The minimum atomic E-state index is 0.728. The zero-order chi connectivity index (χ0) is 13.3. The van der Waals surface area contributed by atoms with Gasteiger partial charge in [0.2, 0.25) is 0 Å². The fourth-order valence-corrected chi connectivity index (χ4v) is 2.91. The van der Waals surface area contributed by atoms with Crippen LogP contribution in [0.1, 0.15) is 24.1 Å². The van der Waals surface area contributed by atoms with Crippen molar-refractivity contribution in [3.63, 3.8) is 0 Å². The van der Waals surface area contributed by atoms with Crippen molar-refractivity contribution < 1.29 is 0 Å². The Hall–Kier alpha value is -0.580. The average Bonchev–Trinajstić information content (AvgIpc) is 2.57. The molecule has 1 saturated heterocycles. The van der Waals surface area contributed by atoms with Gasteiger partial charge in [-0.3, -0.25) is 9.58 Å². The van der Waals surface area contributed by atoms with Crippen molar-refractivity contribution in [1.82, 2.24) is 19.6 Å². The molecule has 0 N–H and O–H groups in total. The molecule has 1 fully saturated rings. The Morgan fingerprint density at radius 1 is 1.33 bits per heavy atom. The van der Waals surface area contributed by atoms with E-state index in [1.54, 1.807) is 4.68 Å². The number of nitrogens with zero attached hydrogens (tertiary/aromatic N) is 4. The third-order valence-electron chi connectivity index (χ3n) is 3.94. The fourth-order valence-electron chi connectivity index (χ4n) is 2.67. The monoisotopic (exact) mass is 270 g/mol. The molecule has 0 amide bonds. The summed E-state index contributed by atoms with van der Waals surface area (Å²) in [6.07, 6.45) is 2.48. The van der Waals surface area contributed by atoms with Crippen LogP contribution in [0.25, 0.3) is 0 Å². The lowest BCUT2D eigenvalue weighted by atomic mass is 10.0. The first-order valence-electron chi connectivity index (χ1n) is 6.55. The smallest absolute Gasteiger partial charge is 0.131 e. The second-order valence-corrected chi connectivity index (χ2v) is 5.81. The lowest BCUT2D eigenvalue weighted by molar-refractivity contribution is 0.140. The Labute approximate surface area is 115 Å². The van der Waals surface area contributed by atoms with Gasteiger partial charge in [-0.1, -0.05) is 11.6 Å². The highest BCUT2D eigenvalue weighted by molar-refractivity contribution is 6.30. The van der Waals surface area contributed by atoms with Crippen molar-refractivity contribution in [3.8, 4) is 0 Å². The van der Waals surface area contributed by atoms with Gasteiger partial charge in [-0.2, -0.15) is 5.10 Å². The molecular weight excluding hydrogens is 248 g/mol. The molecule has 102 valence electrons. The molecule has 0 spiro atoms. The first kappa shape index (κ1) is 13.8. The molecule has 0 atom stereocenters. The van der Waals surface area contributed by atoms with Gasteiger partial charge >= 0.3 is 0 Å². The number of piperidine rings is 1. The van der Waals surface area contributed by atoms with Gasteiger partial charge < -0.3 is 4.90 Å². The summed E-state index contributed by atoms with van der Waals surface area (Å²) in [6.45, 7) is 5.26. The van der Waals surface area contributed by atoms with Crippen LogP contribution in [-0.2, 0) is 13.6 Å². The minimum Gasteiger partial charge on any atom is -0.306 e. The van der Waals surface area contributed by atoms with E-state index in [1.807, 2.05) is 14.0 Å². The molecule has 2 rings (SSSR count). The predicted octanol–water partition coefficient (Wildman–Crippen LogP) is 1.91. The first-order chi connectivity index (χ1) is 8.49. The minimum absolute atomic E-state index is 0.728. The highest BCUT2D eigenvalue weighted by atomic mass is 35.5. The number of rotatable bonds is 3. The number of aryl methyl sites for hydroxylation is 2. The van der Waals surface area contributed by atoms with Crippen molar-refractivity contribution in [2.75, 3.05) is 27.2 Å². The number of halogens is 1. The van der Waals surface area contributed by atoms with Crippen LogP contribution in [0, 0.1) is 6.92 Å². The molecule has 5 heteroatoms. The summed E-state index contributed by atoms with van der Waals surface area (Å²) in [6, 6.07) is 0.728. The van der Waals surface area contributed by atoms with Gasteiger partial charge in [0.1, 0.15) is 5.15 Å². The molecule has 0 radical (unpaired) electrons. The second-order valence-electron chi connectivity index (χ2n) is 5.45. The largest absolute Gasteiger partial charge is 0.306 e. The molecule has 1 aliphatic rings. The highest BCUT2D eigenvalue weighted by Gasteiger charge is 2.22. The van der Waals surface area contributed by atoms with E-state index in [0.717, 1.165) is 36.5 Å².